The highest BCUT2D eigenvalue weighted by atomic mass is 16.1. The number of hydrogen-bond acceptors (Lipinski definition) is 4. The van der Waals surface area contributed by atoms with Gasteiger partial charge in [-0.25, -0.2) is 19.3 Å². The van der Waals surface area contributed by atoms with Gasteiger partial charge in [0.1, 0.15) is 0 Å². The molecule has 2 aromatic rings. The van der Waals surface area contributed by atoms with Gasteiger partial charge >= 0.3 is 5.69 Å². The molecule has 96 valence electrons. The Bertz CT molecular complexity index is 636. The molecule has 6 heteroatoms. The van der Waals surface area contributed by atoms with Gasteiger partial charge in [-0.1, -0.05) is 0 Å². The first kappa shape index (κ1) is 11.3. The van der Waals surface area contributed by atoms with E-state index in [9.17, 15) is 4.79 Å². The molecule has 0 radical (unpaired) electrons. The molecule has 0 aromatic carbocycles. The van der Waals surface area contributed by atoms with E-state index < -0.39 is 0 Å². The number of nitrogens with zero attached hydrogens (tertiary/aromatic N) is 4. The van der Waals surface area contributed by atoms with E-state index in [2.05, 4.69) is 20.1 Å². The Kier molecular flexibility index (Phi) is 2.57. The van der Waals surface area contributed by atoms with Gasteiger partial charge in [0, 0.05) is 24.3 Å². The summed E-state index contributed by atoms with van der Waals surface area (Å²) in [5.74, 6) is 0.728. The van der Waals surface area contributed by atoms with Crippen LogP contribution in [-0.2, 0) is 0 Å². The largest absolute Gasteiger partial charge is 0.350 e. The van der Waals surface area contributed by atoms with Gasteiger partial charge < -0.3 is 4.90 Å². The maximum absolute atomic E-state index is 11.9. The minimum absolute atomic E-state index is 0.207. The average molecular weight is 247 g/mol. The summed E-state index contributed by atoms with van der Waals surface area (Å²) in [4.78, 5) is 18.7. The van der Waals surface area contributed by atoms with Crippen molar-refractivity contribution in [1.82, 2.24) is 19.6 Å². The maximum Gasteiger partial charge on any atom is 0.350 e. The summed E-state index contributed by atoms with van der Waals surface area (Å²) in [6.45, 7) is 5.82. The predicted molar refractivity (Wildman–Crippen MR) is 69.1 cm³/mol. The molecule has 0 unspecified atom stereocenters. The van der Waals surface area contributed by atoms with Crippen molar-refractivity contribution in [2.45, 2.75) is 33.1 Å². The molecule has 0 bridgehead atoms. The lowest BCUT2D eigenvalue weighted by atomic mass is 10.1. The van der Waals surface area contributed by atoms with Gasteiger partial charge in [0.05, 0.1) is 0 Å². The second kappa shape index (κ2) is 4.12. The zero-order chi connectivity index (χ0) is 12.7. The molecule has 18 heavy (non-hydrogen) atoms. The van der Waals surface area contributed by atoms with Crippen molar-refractivity contribution in [2.75, 3.05) is 18.0 Å². The van der Waals surface area contributed by atoms with Crippen molar-refractivity contribution in [1.29, 1.82) is 0 Å². The molecule has 1 aliphatic rings. The van der Waals surface area contributed by atoms with Crippen molar-refractivity contribution >= 4 is 11.6 Å². The van der Waals surface area contributed by atoms with Crippen LogP contribution in [0.1, 0.15) is 30.5 Å². The summed E-state index contributed by atoms with van der Waals surface area (Å²) in [7, 11) is 0. The SMILES string of the molecule is Cc1nc(N2CCCCC2)n2c(=O)[nH]nc2c1C. The third-order valence-electron chi connectivity index (χ3n) is 3.66. The molecule has 1 saturated heterocycles. The van der Waals surface area contributed by atoms with Crippen LogP contribution in [0, 0.1) is 13.8 Å². The fourth-order valence-electron chi connectivity index (χ4n) is 2.49. The fourth-order valence-corrected chi connectivity index (χ4v) is 2.49. The van der Waals surface area contributed by atoms with Crippen LogP contribution in [0.2, 0.25) is 0 Å². The van der Waals surface area contributed by atoms with E-state index in [0.717, 1.165) is 43.1 Å². The van der Waals surface area contributed by atoms with Crippen molar-refractivity contribution in [2.24, 2.45) is 0 Å². The van der Waals surface area contributed by atoms with E-state index >= 15 is 0 Å². The number of hydrogen-bond donors (Lipinski definition) is 1. The molecule has 3 heterocycles. The molecule has 0 amide bonds. The van der Waals surface area contributed by atoms with E-state index in [1.807, 2.05) is 13.8 Å². The molecular formula is C12H17N5O. The van der Waals surface area contributed by atoms with Crippen molar-refractivity contribution in [3.63, 3.8) is 0 Å². The highest BCUT2D eigenvalue weighted by Gasteiger charge is 2.19. The molecule has 0 aliphatic carbocycles. The Hall–Kier alpha value is -1.85. The van der Waals surface area contributed by atoms with Crippen molar-refractivity contribution < 1.29 is 0 Å². The van der Waals surface area contributed by atoms with Crippen LogP contribution in [0.15, 0.2) is 4.79 Å². The highest BCUT2D eigenvalue weighted by molar-refractivity contribution is 5.53. The topological polar surface area (TPSA) is 66.3 Å². The first-order valence-corrected chi connectivity index (χ1v) is 6.38. The number of aromatic amines is 1. The van der Waals surface area contributed by atoms with Crippen LogP contribution in [0.3, 0.4) is 0 Å². The van der Waals surface area contributed by atoms with Gasteiger partial charge in [0.2, 0.25) is 5.95 Å². The molecule has 1 N–H and O–H groups in total. The third kappa shape index (κ3) is 1.60. The zero-order valence-electron chi connectivity index (χ0n) is 10.7. The smallest absolute Gasteiger partial charge is 0.342 e. The number of aryl methyl sites for hydroxylation is 2. The summed E-state index contributed by atoms with van der Waals surface area (Å²) in [6.07, 6.45) is 3.57. The Labute approximate surface area is 105 Å². The number of aromatic nitrogens is 4. The van der Waals surface area contributed by atoms with E-state index in [1.54, 1.807) is 4.40 Å². The lowest BCUT2D eigenvalue weighted by Gasteiger charge is -2.28. The number of nitrogens with one attached hydrogen (secondary N) is 1. The zero-order valence-corrected chi connectivity index (χ0v) is 10.7. The van der Waals surface area contributed by atoms with Crippen LogP contribution < -0.4 is 10.6 Å². The Morgan fingerprint density at radius 1 is 1.17 bits per heavy atom. The van der Waals surface area contributed by atoms with Crippen LogP contribution in [-0.4, -0.2) is 32.7 Å². The van der Waals surface area contributed by atoms with Crippen molar-refractivity contribution in [3.8, 4) is 0 Å². The van der Waals surface area contributed by atoms with E-state index in [-0.39, 0.29) is 5.69 Å². The monoisotopic (exact) mass is 247 g/mol. The molecule has 0 saturated carbocycles. The van der Waals surface area contributed by atoms with Gasteiger partial charge in [-0.2, -0.15) is 5.10 Å². The second-order valence-corrected chi connectivity index (χ2v) is 4.86. The Morgan fingerprint density at radius 2 is 1.89 bits per heavy atom. The van der Waals surface area contributed by atoms with E-state index in [4.69, 9.17) is 0 Å². The fraction of sp³-hybridized carbons (Fsp3) is 0.583. The normalized spacial score (nSPS) is 16.4. The average Bonchev–Trinajstić information content (AvgIpc) is 2.77. The molecule has 1 aliphatic heterocycles. The third-order valence-corrected chi connectivity index (χ3v) is 3.66. The molecule has 3 rings (SSSR count). The maximum atomic E-state index is 11.9. The van der Waals surface area contributed by atoms with E-state index in [1.165, 1.54) is 6.42 Å². The second-order valence-electron chi connectivity index (χ2n) is 4.86. The standard InChI is InChI=1S/C12H17N5O/c1-8-9(2)13-11(16-6-4-3-5-7-16)17-10(8)14-15-12(17)18/h3-7H2,1-2H3,(H,15,18). The molecule has 0 atom stereocenters. The van der Waals surface area contributed by atoms with Crippen LogP contribution >= 0.6 is 0 Å². The number of H-pyrrole nitrogens is 1. The van der Waals surface area contributed by atoms with Gasteiger partial charge in [-0.05, 0) is 33.1 Å². The summed E-state index contributed by atoms with van der Waals surface area (Å²) in [6, 6.07) is 0. The lowest BCUT2D eigenvalue weighted by Crippen LogP contribution is -2.34. The number of anilines is 1. The minimum atomic E-state index is -0.207. The minimum Gasteiger partial charge on any atom is -0.342 e. The van der Waals surface area contributed by atoms with Gasteiger partial charge in [-0.3, -0.25) is 0 Å². The van der Waals surface area contributed by atoms with Gasteiger partial charge in [-0.15, -0.1) is 0 Å². The lowest BCUT2D eigenvalue weighted by molar-refractivity contribution is 0.564. The molecule has 0 spiro atoms. The van der Waals surface area contributed by atoms with Crippen LogP contribution in [0.4, 0.5) is 5.95 Å². The first-order valence-electron chi connectivity index (χ1n) is 6.38. The molecular weight excluding hydrogens is 230 g/mol. The summed E-state index contributed by atoms with van der Waals surface area (Å²) in [5, 5.41) is 6.61. The molecule has 1 fully saturated rings. The summed E-state index contributed by atoms with van der Waals surface area (Å²) < 4.78 is 1.59. The van der Waals surface area contributed by atoms with Gasteiger partial charge in [0.25, 0.3) is 0 Å². The van der Waals surface area contributed by atoms with Gasteiger partial charge in [0.15, 0.2) is 5.65 Å². The number of rotatable bonds is 1. The van der Waals surface area contributed by atoms with Crippen LogP contribution in [0.25, 0.3) is 5.65 Å². The molecule has 6 nitrogen and oxygen atoms in total. The number of fused-ring (bicyclic) bond motifs is 1. The number of piperidine rings is 1. The Morgan fingerprint density at radius 3 is 2.61 bits per heavy atom. The molecule has 2 aromatic heterocycles. The Balaban J connectivity index is 2.24. The van der Waals surface area contributed by atoms with Crippen LogP contribution in [0.5, 0.6) is 0 Å². The summed E-state index contributed by atoms with van der Waals surface area (Å²) in [5.41, 5.74) is 2.37. The van der Waals surface area contributed by atoms with Crippen molar-refractivity contribution in [3.05, 3.63) is 21.7 Å². The van der Waals surface area contributed by atoms with E-state index in [0.29, 0.717) is 5.65 Å². The quantitative estimate of drug-likeness (QED) is 0.817. The summed E-state index contributed by atoms with van der Waals surface area (Å²) >= 11 is 0. The predicted octanol–water partition coefficient (Wildman–Crippen LogP) is 1.02. The first-order chi connectivity index (χ1) is 8.68. The highest BCUT2D eigenvalue weighted by Crippen LogP contribution is 2.20.